The van der Waals surface area contributed by atoms with Gasteiger partial charge in [-0.1, -0.05) is 6.07 Å². The summed E-state index contributed by atoms with van der Waals surface area (Å²) in [4.78, 5) is 13.9. The van der Waals surface area contributed by atoms with Crippen molar-refractivity contribution in [1.29, 1.82) is 0 Å². The van der Waals surface area contributed by atoms with Crippen molar-refractivity contribution < 1.29 is 22.7 Å². The maximum absolute atomic E-state index is 12.7. The number of carbonyl (C=O) groups is 1. The molecular formula is C15H19F3N2O2. The van der Waals surface area contributed by atoms with Crippen molar-refractivity contribution in [1.82, 2.24) is 4.90 Å². The lowest BCUT2D eigenvalue weighted by atomic mass is 10.0. The monoisotopic (exact) mass is 316 g/mol. The van der Waals surface area contributed by atoms with Crippen molar-refractivity contribution in [3.63, 3.8) is 0 Å². The van der Waals surface area contributed by atoms with Gasteiger partial charge >= 0.3 is 12.2 Å². The molecule has 1 saturated heterocycles. The molecule has 0 radical (unpaired) electrons. The van der Waals surface area contributed by atoms with Crippen LogP contribution in [0.4, 0.5) is 23.7 Å². The number of carbonyl (C=O) groups excluding carboxylic acids is 1. The summed E-state index contributed by atoms with van der Waals surface area (Å²) in [5.74, 6) is 0. The number of piperidine rings is 1. The standard InChI is InChI=1S/C15H19F3N2O2/c1-22-10-13-7-2-3-8-20(13)14(21)19-12-6-4-5-11(9-12)15(16,17)18/h4-6,9,13H,2-3,7-8,10H2,1H3,(H,19,21)/t13-/m0/s1. The first-order valence-electron chi connectivity index (χ1n) is 7.15. The Hall–Kier alpha value is -1.76. The van der Waals surface area contributed by atoms with Gasteiger partial charge in [-0.05, 0) is 37.5 Å². The van der Waals surface area contributed by atoms with Crippen LogP contribution in [0.25, 0.3) is 0 Å². The molecule has 7 heteroatoms. The minimum atomic E-state index is -4.43. The summed E-state index contributed by atoms with van der Waals surface area (Å²) < 4.78 is 43.2. The van der Waals surface area contributed by atoms with E-state index in [4.69, 9.17) is 4.74 Å². The summed E-state index contributed by atoms with van der Waals surface area (Å²) >= 11 is 0. The molecule has 1 N–H and O–H groups in total. The number of anilines is 1. The van der Waals surface area contributed by atoms with Crippen LogP contribution in [0.1, 0.15) is 24.8 Å². The van der Waals surface area contributed by atoms with Crippen molar-refractivity contribution >= 4 is 11.7 Å². The van der Waals surface area contributed by atoms with E-state index < -0.39 is 11.7 Å². The maximum atomic E-state index is 12.7. The average Bonchev–Trinajstić information content (AvgIpc) is 2.47. The zero-order valence-corrected chi connectivity index (χ0v) is 12.3. The number of ether oxygens (including phenoxy) is 1. The Bertz CT molecular complexity index is 518. The van der Waals surface area contributed by atoms with E-state index in [1.807, 2.05) is 0 Å². The zero-order valence-electron chi connectivity index (χ0n) is 12.3. The second kappa shape index (κ2) is 7.00. The molecule has 1 aliphatic heterocycles. The molecule has 4 nitrogen and oxygen atoms in total. The van der Waals surface area contributed by atoms with Gasteiger partial charge in [0.15, 0.2) is 0 Å². The Kier molecular flexibility index (Phi) is 5.28. The van der Waals surface area contributed by atoms with Crippen molar-refractivity contribution in [3.8, 4) is 0 Å². The molecule has 122 valence electrons. The minimum absolute atomic E-state index is 0.0375. The van der Waals surface area contributed by atoms with E-state index >= 15 is 0 Å². The Morgan fingerprint density at radius 1 is 1.41 bits per heavy atom. The van der Waals surface area contributed by atoms with Crippen molar-refractivity contribution in [2.75, 3.05) is 25.6 Å². The molecule has 1 fully saturated rings. The van der Waals surface area contributed by atoms with Gasteiger partial charge < -0.3 is 15.0 Å². The molecule has 0 spiro atoms. The van der Waals surface area contributed by atoms with Gasteiger partial charge in [-0.2, -0.15) is 13.2 Å². The van der Waals surface area contributed by atoms with E-state index in [0.29, 0.717) is 13.2 Å². The van der Waals surface area contributed by atoms with Crippen LogP contribution in [-0.4, -0.2) is 37.2 Å². The summed E-state index contributed by atoms with van der Waals surface area (Å²) in [7, 11) is 1.57. The van der Waals surface area contributed by atoms with Gasteiger partial charge in [-0.25, -0.2) is 4.79 Å². The fourth-order valence-corrected chi connectivity index (χ4v) is 2.60. The third kappa shape index (κ3) is 4.13. The lowest BCUT2D eigenvalue weighted by Crippen LogP contribution is -2.47. The normalized spacial score (nSPS) is 19.1. The lowest BCUT2D eigenvalue weighted by Gasteiger charge is -2.35. The second-order valence-electron chi connectivity index (χ2n) is 5.31. The first-order valence-corrected chi connectivity index (χ1v) is 7.15. The SMILES string of the molecule is COC[C@@H]1CCCCN1C(=O)Nc1cccc(C(F)(F)F)c1. The van der Waals surface area contributed by atoms with Gasteiger partial charge in [-0.3, -0.25) is 0 Å². The molecule has 0 aliphatic carbocycles. The van der Waals surface area contributed by atoms with Crippen LogP contribution in [0.2, 0.25) is 0 Å². The smallest absolute Gasteiger partial charge is 0.383 e. The van der Waals surface area contributed by atoms with Crippen molar-refractivity contribution in [2.45, 2.75) is 31.5 Å². The number of benzene rings is 1. The fourth-order valence-electron chi connectivity index (χ4n) is 2.60. The van der Waals surface area contributed by atoms with Gasteiger partial charge in [0.05, 0.1) is 18.2 Å². The molecule has 1 aromatic carbocycles. The van der Waals surface area contributed by atoms with Gasteiger partial charge in [0.2, 0.25) is 0 Å². The number of urea groups is 1. The number of methoxy groups -OCH3 is 1. The molecule has 1 aromatic rings. The highest BCUT2D eigenvalue weighted by Gasteiger charge is 2.31. The van der Waals surface area contributed by atoms with Crippen LogP contribution in [0.15, 0.2) is 24.3 Å². The molecule has 0 aromatic heterocycles. The number of halogens is 3. The van der Waals surface area contributed by atoms with Gasteiger partial charge in [-0.15, -0.1) is 0 Å². The van der Waals surface area contributed by atoms with E-state index in [9.17, 15) is 18.0 Å². The van der Waals surface area contributed by atoms with Crippen LogP contribution in [0, 0.1) is 0 Å². The highest BCUT2D eigenvalue weighted by molar-refractivity contribution is 5.89. The van der Waals surface area contributed by atoms with E-state index in [2.05, 4.69) is 5.32 Å². The molecule has 2 rings (SSSR count). The highest BCUT2D eigenvalue weighted by atomic mass is 19.4. The molecule has 0 saturated carbocycles. The summed E-state index contributed by atoms with van der Waals surface area (Å²) in [6, 6.07) is 4.21. The minimum Gasteiger partial charge on any atom is -0.383 e. The fraction of sp³-hybridized carbons (Fsp3) is 0.533. The first kappa shape index (κ1) is 16.6. The summed E-state index contributed by atoms with van der Waals surface area (Å²) in [5, 5.41) is 2.54. The Labute approximate surface area is 127 Å². The molecule has 0 bridgehead atoms. The predicted molar refractivity (Wildman–Crippen MR) is 76.7 cm³/mol. The van der Waals surface area contributed by atoms with Crippen LogP contribution in [0.3, 0.4) is 0 Å². The van der Waals surface area contributed by atoms with E-state index in [1.165, 1.54) is 12.1 Å². The Morgan fingerprint density at radius 3 is 2.86 bits per heavy atom. The quantitative estimate of drug-likeness (QED) is 0.923. The molecule has 2 amide bonds. The van der Waals surface area contributed by atoms with E-state index in [-0.39, 0.29) is 17.8 Å². The topological polar surface area (TPSA) is 41.6 Å². The number of likely N-dealkylation sites (tertiary alicyclic amines) is 1. The van der Waals surface area contributed by atoms with Crippen molar-refractivity contribution in [2.24, 2.45) is 0 Å². The molecule has 1 heterocycles. The molecule has 1 atom stereocenters. The molecule has 22 heavy (non-hydrogen) atoms. The molecular weight excluding hydrogens is 297 g/mol. The Balaban J connectivity index is 2.07. The third-order valence-electron chi connectivity index (χ3n) is 3.69. The number of rotatable bonds is 3. The van der Waals surface area contributed by atoms with Crippen molar-refractivity contribution in [3.05, 3.63) is 29.8 Å². The van der Waals surface area contributed by atoms with Gasteiger partial charge in [0.25, 0.3) is 0 Å². The maximum Gasteiger partial charge on any atom is 0.416 e. The third-order valence-corrected chi connectivity index (χ3v) is 3.69. The zero-order chi connectivity index (χ0) is 16.2. The van der Waals surface area contributed by atoms with Crippen LogP contribution >= 0.6 is 0 Å². The van der Waals surface area contributed by atoms with Crippen LogP contribution in [-0.2, 0) is 10.9 Å². The number of hydrogen-bond acceptors (Lipinski definition) is 2. The molecule has 1 aliphatic rings. The average molecular weight is 316 g/mol. The largest absolute Gasteiger partial charge is 0.416 e. The summed E-state index contributed by atoms with van der Waals surface area (Å²) in [6.45, 7) is 1.01. The lowest BCUT2D eigenvalue weighted by molar-refractivity contribution is -0.137. The number of hydrogen-bond donors (Lipinski definition) is 1. The number of nitrogens with zero attached hydrogens (tertiary/aromatic N) is 1. The Morgan fingerprint density at radius 2 is 2.18 bits per heavy atom. The summed E-state index contributed by atoms with van der Waals surface area (Å²) in [5.41, 5.74) is -0.640. The second-order valence-corrected chi connectivity index (χ2v) is 5.31. The summed E-state index contributed by atoms with van der Waals surface area (Å²) in [6.07, 6.45) is -1.69. The van der Waals surface area contributed by atoms with E-state index in [0.717, 1.165) is 31.4 Å². The van der Waals surface area contributed by atoms with Crippen LogP contribution in [0.5, 0.6) is 0 Å². The van der Waals surface area contributed by atoms with Gasteiger partial charge in [0, 0.05) is 19.3 Å². The first-order chi connectivity index (χ1) is 10.4. The molecule has 0 unspecified atom stereocenters. The number of alkyl halides is 3. The number of amides is 2. The van der Waals surface area contributed by atoms with Gasteiger partial charge in [0.1, 0.15) is 0 Å². The van der Waals surface area contributed by atoms with E-state index in [1.54, 1.807) is 12.0 Å². The predicted octanol–water partition coefficient (Wildman–Crippen LogP) is 3.74. The highest BCUT2D eigenvalue weighted by Crippen LogP contribution is 2.30. The number of nitrogens with one attached hydrogen (secondary N) is 1. The van der Waals surface area contributed by atoms with Crippen LogP contribution < -0.4 is 5.32 Å².